The Hall–Kier alpha value is -3.48. The van der Waals surface area contributed by atoms with Crippen LogP contribution in [0.1, 0.15) is 18.1 Å². The Labute approximate surface area is 149 Å². The predicted molar refractivity (Wildman–Crippen MR) is 100.0 cm³/mol. The highest BCUT2D eigenvalue weighted by molar-refractivity contribution is 6.03. The zero-order valence-electron chi connectivity index (χ0n) is 14.6. The maximum absolute atomic E-state index is 12.7. The molecule has 0 aliphatic carbocycles. The van der Waals surface area contributed by atoms with Gasteiger partial charge in [0, 0.05) is 23.9 Å². The predicted octanol–water partition coefficient (Wildman–Crippen LogP) is 3.74. The van der Waals surface area contributed by atoms with E-state index >= 15 is 0 Å². The maximum atomic E-state index is 12.7. The van der Waals surface area contributed by atoms with E-state index in [1.807, 2.05) is 19.1 Å². The lowest BCUT2D eigenvalue weighted by Crippen LogP contribution is -2.30. The van der Waals surface area contributed by atoms with E-state index in [0.717, 1.165) is 15.8 Å². The lowest BCUT2D eigenvalue weighted by Gasteiger charge is -2.22. The molecule has 0 fully saturated rings. The Bertz CT molecular complexity index is 1100. The van der Waals surface area contributed by atoms with E-state index in [4.69, 9.17) is 0 Å². The summed E-state index contributed by atoms with van der Waals surface area (Å²) < 4.78 is 0. The van der Waals surface area contributed by atoms with Gasteiger partial charge in [-0.3, -0.25) is 24.6 Å². The van der Waals surface area contributed by atoms with Gasteiger partial charge in [0.1, 0.15) is 11.4 Å². The van der Waals surface area contributed by atoms with Crippen LogP contribution in [0, 0.1) is 24.0 Å². The Morgan fingerprint density at radius 2 is 1.85 bits per heavy atom. The largest absolute Gasteiger partial charge is 0.320 e. The van der Waals surface area contributed by atoms with Crippen molar-refractivity contribution in [3.63, 3.8) is 0 Å². The number of H-pyrrole nitrogens is 1. The van der Waals surface area contributed by atoms with Gasteiger partial charge in [-0.1, -0.05) is 23.8 Å². The summed E-state index contributed by atoms with van der Waals surface area (Å²) in [5.74, 6) is -0.486. The van der Waals surface area contributed by atoms with E-state index < -0.39 is 16.4 Å². The molecule has 0 atom stereocenters. The number of anilines is 2. The smallest absolute Gasteiger partial charge is 0.293 e. The van der Waals surface area contributed by atoms with Crippen LogP contribution in [0.5, 0.6) is 0 Å². The molecule has 7 heteroatoms. The number of aryl methyl sites for hydroxylation is 2. The maximum Gasteiger partial charge on any atom is 0.293 e. The topological polar surface area (TPSA) is 96.3 Å². The van der Waals surface area contributed by atoms with Crippen LogP contribution < -0.4 is 10.5 Å². The zero-order chi connectivity index (χ0) is 19.0. The summed E-state index contributed by atoms with van der Waals surface area (Å²) in [6.07, 6.45) is 0. The van der Waals surface area contributed by atoms with E-state index in [9.17, 15) is 19.7 Å². The van der Waals surface area contributed by atoms with Crippen LogP contribution in [0.15, 0.2) is 47.3 Å². The molecule has 0 radical (unpaired) electrons. The number of nitro groups is 1. The second kappa shape index (κ2) is 6.44. The van der Waals surface area contributed by atoms with Crippen LogP contribution >= 0.6 is 0 Å². The Morgan fingerprint density at radius 3 is 2.50 bits per heavy atom. The number of rotatable bonds is 3. The lowest BCUT2D eigenvalue weighted by atomic mass is 10.0. The van der Waals surface area contributed by atoms with Gasteiger partial charge in [-0.05, 0) is 37.6 Å². The number of aromatic nitrogens is 1. The van der Waals surface area contributed by atoms with Crippen LogP contribution in [0.2, 0.25) is 0 Å². The third-order valence-corrected chi connectivity index (χ3v) is 4.26. The number of carbonyl (C=O) groups is 1. The Balaban J connectivity index is 2.37. The van der Waals surface area contributed by atoms with Crippen molar-refractivity contribution in [3.8, 4) is 0 Å². The van der Waals surface area contributed by atoms with Gasteiger partial charge in [0.15, 0.2) is 0 Å². The van der Waals surface area contributed by atoms with E-state index in [2.05, 4.69) is 4.98 Å². The number of pyridine rings is 1. The highest BCUT2D eigenvalue weighted by Crippen LogP contribution is 2.35. The minimum atomic E-state index is -0.569. The van der Waals surface area contributed by atoms with Gasteiger partial charge in [0.25, 0.3) is 11.2 Å². The number of amides is 1. The van der Waals surface area contributed by atoms with Crippen LogP contribution in [0.3, 0.4) is 0 Å². The van der Waals surface area contributed by atoms with E-state index in [0.29, 0.717) is 11.1 Å². The fourth-order valence-corrected chi connectivity index (χ4v) is 3.08. The number of fused-ring (bicyclic) bond motifs is 1. The molecule has 0 saturated carbocycles. The molecule has 1 N–H and O–H groups in total. The van der Waals surface area contributed by atoms with Gasteiger partial charge in [-0.2, -0.15) is 0 Å². The first-order valence-corrected chi connectivity index (χ1v) is 7.98. The number of hydrogen-bond donors (Lipinski definition) is 1. The Morgan fingerprint density at radius 1 is 1.15 bits per heavy atom. The summed E-state index contributed by atoms with van der Waals surface area (Å²) in [5, 5.41) is 12.2. The minimum absolute atomic E-state index is 0.0607. The molecule has 3 rings (SSSR count). The molecule has 0 aliphatic heterocycles. The average Bonchev–Trinajstić information content (AvgIpc) is 2.59. The second-order valence-electron chi connectivity index (χ2n) is 6.08. The standard InChI is InChI=1S/C19H17N3O4/c1-11-8-9-15-14(10-11)12(2)18(19(24)20-15)21(13(3)23)16-6-4-5-7-17(16)22(25)26/h4-10H,1-3H3,(H,20,24). The first kappa shape index (κ1) is 17.3. The summed E-state index contributed by atoms with van der Waals surface area (Å²) >= 11 is 0. The molecule has 2 aromatic carbocycles. The van der Waals surface area contributed by atoms with Crippen molar-refractivity contribution < 1.29 is 9.72 Å². The van der Waals surface area contributed by atoms with Crippen LogP contribution in [0.25, 0.3) is 10.9 Å². The molecule has 1 heterocycles. The second-order valence-corrected chi connectivity index (χ2v) is 6.08. The number of nitro benzene ring substituents is 1. The highest BCUT2D eigenvalue weighted by atomic mass is 16.6. The Kier molecular flexibility index (Phi) is 4.29. The normalized spacial score (nSPS) is 10.7. The van der Waals surface area contributed by atoms with Crippen LogP contribution in [0.4, 0.5) is 17.1 Å². The number of nitrogens with one attached hydrogen (secondary N) is 1. The fraction of sp³-hybridized carbons (Fsp3) is 0.158. The van der Waals surface area contributed by atoms with E-state index in [1.165, 1.54) is 25.1 Å². The van der Waals surface area contributed by atoms with Gasteiger partial charge < -0.3 is 4.98 Å². The van der Waals surface area contributed by atoms with Crippen LogP contribution in [-0.2, 0) is 4.79 Å². The van der Waals surface area contributed by atoms with Crippen molar-refractivity contribution in [1.29, 1.82) is 0 Å². The molecule has 0 aliphatic rings. The molecule has 1 amide bonds. The molecular formula is C19H17N3O4. The molecule has 0 spiro atoms. The van der Waals surface area contributed by atoms with Crippen LogP contribution in [-0.4, -0.2) is 15.8 Å². The monoisotopic (exact) mass is 351 g/mol. The molecule has 0 saturated heterocycles. The van der Waals surface area contributed by atoms with Crippen molar-refractivity contribution in [3.05, 3.63) is 74.1 Å². The number of hydrogen-bond acceptors (Lipinski definition) is 4. The van der Waals surface area contributed by atoms with Gasteiger partial charge in [-0.25, -0.2) is 0 Å². The number of nitrogens with zero attached hydrogens (tertiary/aromatic N) is 2. The minimum Gasteiger partial charge on any atom is -0.320 e. The number of aromatic amines is 1. The third-order valence-electron chi connectivity index (χ3n) is 4.26. The summed E-state index contributed by atoms with van der Waals surface area (Å²) in [5.41, 5.74) is 1.65. The molecule has 26 heavy (non-hydrogen) atoms. The molecule has 7 nitrogen and oxygen atoms in total. The van der Waals surface area contributed by atoms with E-state index in [-0.39, 0.29) is 17.1 Å². The van der Waals surface area contributed by atoms with Gasteiger partial charge in [0.05, 0.1) is 4.92 Å². The van der Waals surface area contributed by atoms with Crippen molar-refractivity contribution in [2.75, 3.05) is 4.90 Å². The summed E-state index contributed by atoms with van der Waals surface area (Å²) in [6, 6.07) is 11.4. The number of para-hydroxylation sites is 2. The summed E-state index contributed by atoms with van der Waals surface area (Å²) in [4.78, 5) is 39.8. The first-order chi connectivity index (χ1) is 12.3. The van der Waals surface area contributed by atoms with Crippen molar-refractivity contribution in [2.45, 2.75) is 20.8 Å². The SMILES string of the molecule is CC(=O)N(c1ccccc1[N+](=O)[O-])c1c(C)c2cc(C)ccc2[nH]c1=O. The number of carbonyl (C=O) groups excluding carboxylic acids is 1. The molecular weight excluding hydrogens is 334 g/mol. The lowest BCUT2D eigenvalue weighted by molar-refractivity contribution is -0.384. The quantitative estimate of drug-likeness (QED) is 0.574. The fourth-order valence-electron chi connectivity index (χ4n) is 3.08. The first-order valence-electron chi connectivity index (χ1n) is 7.98. The van der Waals surface area contributed by atoms with Crippen molar-refractivity contribution >= 4 is 33.9 Å². The summed E-state index contributed by atoms with van der Waals surface area (Å²) in [7, 11) is 0. The van der Waals surface area contributed by atoms with Crippen molar-refractivity contribution in [1.82, 2.24) is 4.98 Å². The van der Waals surface area contributed by atoms with Gasteiger partial charge >= 0.3 is 0 Å². The summed E-state index contributed by atoms with van der Waals surface area (Å²) in [6.45, 7) is 4.93. The highest BCUT2D eigenvalue weighted by Gasteiger charge is 2.27. The molecule has 1 aromatic heterocycles. The average molecular weight is 351 g/mol. The van der Waals surface area contributed by atoms with Gasteiger partial charge in [0.2, 0.25) is 5.91 Å². The van der Waals surface area contributed by atoms with Crippen molar-refractivity contribution in [2.24, 2.45) is 0 Å². The molecule has 0 unspecified atom stereocenters. The third kappa shape index (κ3) is 2.83. The zero-order valence-corrected chi connectivity index (χ0v) is 14.6. The molecule has 3 aromatic rings. The van der Waals surface area contributed by atoms with E-state index in [1.54, 1.807) is 19.1 Å². The molecule has 0 bridgehead atoms. The van der Waals surface area contributed by atoms with Gasteiger partial charge in [-0.15, -0.1) is 0 Å². The molecule has 132 valence electrons. The number of benzene rings is 2.